The first-order valence-electron chi connectivity index (χ1n) is 8.08. The van der Waals surface area contributed by atoms with Crippen LogP contribution in [0.2, 0.25) is 0 Å². The Bertz CT molecular complexity index is 845. The normalized spacial score (nSPS) is 16.9. The Morgan fingerprint density at radius 3 is 2.48 bits per heavy atom. The van der Waals surface area contributed by atoms with Gasteiger partial charge < -0.3 is 19.2 Å². The van der Waals surface area contributed by atoms with Gasteiger partial charge in [-0.25, -0.2) is 0 Å². The first-order chi connectivity index (χ1) is 12.3. The van der Waals surface area contributed by atoms with Crippen LogP contribution in [0.3, 0.4) is 0 Å². The van der Waals surface area contributed by atoms with E-state index in [0.29, 0.717) is 17.3 Å². The van der Waals surface area contributed by atoms with Gasteiger partial charge in [0.2, 0.25) is 6.10 Å². The van der Waals surface area contributed by atoms with Gasteiger partial charge in [0.1, 0.15) is 18.4 Å². The summed E-state index contributed by atoms with van der Waals surface area (Å²) in [5.74, 6) is 1.64. The second-order valence-electron chi connectivity index (χ2n) is 5.73. The van der Waals surface area contributed by atoms with Crippen molar-refractivity contribution in [3.8, 4) is 11.5 Å². The van der Waals surface area contributed by atoms with Crippen molar-refractivity contribution in [1.29, 1.82) is 0 Å². The molecular formula is C20H17NO4. The van der Waals surface area contributed by atoms with Crippen LogP contribution in [0.25, 0.3) is 0 Å². The molecule has 2 atom stereocenters. The van der Waals surface area contributed by atoms with Gasteiger partial charge in [-0.15, -0.1) is 0 Å². The van der Waals surface area contributed by atoms with Crippen molar-refractivity contribution in [3.05, 3.63) is 84.3 Å². The molecular weight excluding hydrogens is 318 g/mol. The monoisotopic (exact) mass is 335 g/mol. The van der Waals surface area contributed by atoms with Gasteiger partial charge in [-0.2, -0.15) is 0 Å². The lowest BCUT2D eigenvalue weighted by Gasteiger charge is -2.27. The SMILES string of the molecule is O=C(N[C@@H](c1ccccc1)c1ccco1)[C@H]1COc2ccccc2O1. The summed E-state index contributed by atoms with van der Waals surface area (Å²) in [5, 5.41) is 3.00. The number of fused-ring (bicyclic) bond motifs is 1. The van der Waals surface area contributed by atoms with Gasteiger partial charge in [0.05, 0.1) is 6.26 Å². The lowest BCUT2D eigenvalue weighted by atomic mass is 10.0. The number of hydrogen-bond donors (Lipinski definition) is 1. The van der Waals surface area contributed by atoms with Crippen LogP contribution in [0.1, 0.15) is 17.4 Å². The van der Waals surface area contributed by atoms with Gasteiger partial charge in [-0.05, 0) is 29.8 Å². The molecule has 0 saturated heterocycles. The number of rotatable bonds is 4. The zero-order chi connectivity index (χ0) is 17.1. The van der Waals surface area contributed by atoms with Gasteiger partial charge in [-0.3, -0.25) is 4.79 Å². The average molecular weight is 335 g/mol. The highest BCUT2D eigenvalue weighted by atomic mass is 16.6. The number of hydrogen-bond acceptors (Lipinski definition) is 4. The Balaban J connectivity index is 1.54. The number of amides is 1. The van der Waals surface area contributed by atoms with E-state index in [2.05, 4.69) is 5.32 Å². The van der Waals surface area contributed by atoms with Crippen molar-refractivity contribution in [3.63, 3.8) is 0 Å². The highest BCUT2D eigenvalue weighted by Crippen LogP contribution is 2.31. The molecule has 2 heterocycles. The molecule has 25 heavy (non-hydrogen) atoms. The molecule has 4 rings (SSSR count). The molecule has 1 aliphatic heterocycles. The average Bonchev–Trinajstić information content (AvgIpc) is 3.20. The summed E-state index contributed by atoms with van der Waals surface area (Å²) in [5.41, 5.74) is 0.933. The zero-order valence-corrected chi connectivity index (χ0v) is 13.4. The predicted octanol–water partition coefficient (Wildman–Crippen LogP) is 3.33. The van der Waals surface area contributed by atoms with Crippen LogP contribution < -0.4 is 14.8 Å². The summed E-state index contributed by atoms with van der Waals surface area (Å²) in [6.07, 6.45) is 0.879. The topological polar surface area (TPSA) is 60.7 Å². The van der Waals surface area contributed by atoms with E-state index < -0.39 is 6.10 Å². The van der Waals surface area contributed by atoms with Crippen LogP contribution in [-0.4, -0.2) is 18.6 Å². The molecule has 0 fully saturated rings. The van der Waals surface area contributed by atoms with Crippen molar-refractivity contribution >= 4 is 5.91 Å². The standard InChI is InChI=1S/C20H17NO4/c22-20(18-13-24-15-9-4-5-10-16(15)25-18)21-19(17-11-6-12-23-17)14-7-2-1-3-8-14/h1-12,18-19H,13H2,(H,21,22)/t18-,19+/m1/s1. The third kappa shape index (κ3) is 3.21. The van der Waals surface area contributed by atoms with Crippen LogP contribution in [0, 0.1) is 0 Å². The van der Waals surface area contributed by atoms with Crippen LogP contribution >= 0.6 is 0 Å². The minimum absolute atomic E-state index is 0.169. The molecule has 126 valence electrons. The van der Waals surface area contributed by atoms with E-state index in [1.165, 1.54) is 0 Å². The van der Waals surface area contributed by atoms with Crippen molar-refractivity contribution < 1.29 is 18.7 Å². The molecule has 2 aromatic carbocycles. The molecule has 1 amide bonds. The molecule has 0 spiro atoms. The quantitative estimate of drug-likeness (QED) is 0.794. The molecule has 1 aromatic heterocycles. The number of nitrogens with one attached hydrogen (secondary N) is 1. The third-order valence-corrected chi connectivity index (χ3v) is 4.05. The molecule has 5 heteroatoms. The maximum absolute atomic E-state index is 12.7. The maximum atomic E-state index is 12.7. The van der Waals surface area contributed by atoms with Crippen LogP contribution in [0.4, 0.5) is 0 Å². The van der Waals surface area contributed by atoms with Crippen LogP contribution in [0.5, 0.6) is 11.5 Å². The van der Waals surface area contributed by atoms with Crippen LogP contribution in [0.15, 0.2) is 77.4 Å². The van der Waals surface area contributed by atoms with Gasteiger partial charge in [0, 0.05) is 0 Å². The summed E-state index contributed by atoms with van der Waals surface area (Å²) in [7, 11) is 0. The summed E-state index contributed by atoms with van der Waals surface area (Å²) >= 11 is 0. The van der Waals surface area contributed by atoms with Gasteiger partial charge in [0.25, 0.3) is 5.91 Å². The van der Waals surface area contributed by atoms with E-state index in [1.807, 2.05) is 54.6 Å². The Kier molecular flexibility index (Phi) is 4.12. The number of carbonyl (C=O) groups excluding carboxylic acids is 1. The second-order valence-corrected chi connectivity index (χ2v) is 5.73. The van der Waals surface area contributed by atoms with E-state index in [0.717, 1.165) is 5.56 Å². The molecule has 0 radical (unpaired) electrons. The highest BCUT2D eigenvalue weighted by molar-refractivity contribution is 5.82. The molecule has 0 saturated carbocycles. The molecule has 0 unspecified atom stereocenters. The minimum atomic E-state index is -0.712. The zero-order valence-electron chi connectivity index (χ0n) is 13.4. The first kappa shape index (κ1) is 15.3. The number of benzene rings is 2. The third-order valence-electron chi connectivity index (χ3n) is 4.05. The van der Waals surface area contributed by atoms with Gasteiger partial charge >= 0.3 is 0 Å². The number of furan rings is 1. The van der Waals surface area contributed by atoms with E-state index >= 15 is 0 Å². The Labute approximate surface area is 145 Å². The molecule has 0 aliphatic carbocycles. The fourth-order valence-electron chi connectivity index (χ4n) is 2.80. The fraction of sp³-hybridized carbons (Fsp3) is 0.150. The largest absolute Gasteiger partial charge is 0.485 e. The van der Waals surface area contributed by atoms with Crippen molar-refractivity contribution in [2.45, 2.75) is 12.1 Å². The molecule has 1 N–H and O–H groups in total. The Morgan fingerprint density at radius 2 is 1.72 bits per heavy atom. The van der Waals surface area contributed by atoms with E-state index in [-0.39, 0.29) is 18.6 Å². The Hall–Kier alpha value is -3.21. The highest BCUT2D eigenvalue weighted by Gasteiger charge is 2.30. The maximum Gasteiger partial charge on any atom is 0.265 e. The van der Waals surface area contributed by atoms with Crippen molar-refractivity contribution in [1.82, 2.24) is 5.32 Å². The molecule has 5 nitrogen and oxygen atoms in total. The summed E-state index contributed by atoms with van der Waals surface area (Å²) in [4.78, 5) is 12.7. The summed E-state index contributed by atoms with van der Waals surface area (Å²) in [6, 6.07) is 20.2. The van der Waals surface area contributed by atoms with Gasteiger partial charge in [-0.1, -0.05) is 42.5 Å². The summed E-state index contributed by atoms with van der Waals surface area (Å²) < 4.78 is 16.9. The Morgan fingerprint density at radius 1 is 0.960 bits per heavy atom. The van der Waals surface area contributed by atoms with Crippen molar-refractivity contribution in [2.75, 3.05) is 6.61 Å². The lowest BCUT2D eigenvalue weighted by Crippen LogP contribution is -2.45. The minimum Gasteiger partial charge on any atom is -0.485 e. The molecule has 3 aromatic rings. The van der Waals surface area contributed by atoms with E-state index in [1.54, 1.807) is 18.4 Å². The van der Waals surface area contributed by atoms with E-state index in [4.69, 9.17) is 13.9 Å². The van der Waals surface area contributed by atoms with Gasteiger partial charge in [0.15, 0.2) is 11.5 Å². The first-order valence-corrected chi connectivity index (χ1v) is 8.08. The van der Waals surface area contributed by atoms with Crippen LogP contribution in [-0.2, 0) is 4.79 Å². The number of para-hydroxylation sites is 2. The number of carbonyl (C=O) groups is 1. The van der Waals surface area contributed by atoms with E-state index in [9.17, 15) is 4.79 Å². The fourth-order valence-corrected chi connectivity index (χ4v) is 2.80. The second kappa shape index (κ2) is 6.73. The lowest BCUT2D eigenvalue weighted by molar-refractivity contribution is -0.131. The summed E-state index contributed by atoms with van der Waals surface area (Å²) in [6.45, 7) is 0.169. The molecule has 1 aliphatic rings. The van der Waals surface area contributed by atoms with Crippen molar-refractivity contribution in [2.24, 2.45) is 0 Å². The smallest absolute Gasteiger partial charge is 0.265 e. The molecule has 0 bridgehead atoms. The number of ether oxygens (including phenoxy) is 2. The predicted molar refractivity (Wildman–Crippen MR) is 91.5 cm³/mol.